The van der Waals surface area contributed by atoms with Crippen LogP contribution in [0.1, 0.15) is 29.0 Å². The van der Waals surface area contributed by atoms with Crippen molar-refractivity contribution in [3.05, 3.63) is 57.8 Å². The molecule has 0 N–H and O–H groups in total. The second kappa shape index (κ2) is 5.76. The molecule has 4 rings (SSSR count). The van der Waals surface area contributed by atoms with Crippen LogP contribution in [0.5, 0.6) is 0 Å². The fourth-order valence-electron chi connectivity index (χ4n) is 3.61. The van der Waals surface area contributed by atoms with Crippen molar-refractivity contribution in [1.82, 2.24) is 4.90 Å². The van der Waals surface area contributed by atoms with E-state index in [1.807, 2.05) is 24.3 Å². The Hall–Kier alpha value is -2.67. The maximum Gasteiger partial charge on any atom is 0.433 e. The summed E-state index contributed by atoms with van der Waals surface area (Å²) in [6.07, 6.45) is 2.18. The van der Waals surface area contributed by atoms with Gasteiger partial charge in [0, 0.05) is 24.8 Å². The molecule has 0 bridgehead atoms. The molecule has 1 aromatic carbocycles. The smallest absolute Gasteiger partial charge is 0.395 e. The van der Waals surface area contributed by atoms with Gasteiger partial charge in [0.25, 0.3) is 5.91 Å². The topological polar surface area (TPSA) is 79.8 Å². The lowest BCUT2D eigenvalue weighted by Gasteiger charge is -2.25. The normalized spacial score (nSPS) is 20.3. The van der Waals surface area contributed by atoms with Gasteiger partial charge in [-0.3, -0.25) is 19.8 Å². The van der Waals surface area contributed by atoms with Crippen molar-refractivity contribution >= 4 is 17.5 Å². The molecule has 1 fully saturated rings. The highest BCUT2D eigenvalue weighted by atomic mass is 16.6. The zero-order valence-corrected chi connectivity index (χ0v) is 13.1. The Balaban J connectivity index is 1.71. The van der Waals surface area contributed by atoms with Gasteiger partial charge in [-0.2, -0.15) is 0 Å². The molecule has 0 spiro atoms. The van der Waals surface area contributed by atoms with Gasteiger partial charge >= 0.3 is 5.88 Å². The number of anilines is 1. The molecule has 1 amide bonds. The molecule has 24 heavy (non-hydrogen) atoms. The van der Waals surface area contributed by atoms with E-state index in [4.69, 9.17) is 4.42 Å². The van der Waals surface area contributed by atoms with Gasteiger partial charge in [-0.1, -0.05) is 18.2 Å². The molecular formula is C17H17N3O4. The fraction of sp³-hybridized carbons (Fsp3) is 0.353. The molecule has 1 aromatic heterocycles. The number of hydrogen-bond donors (Lipinski definition) is 0. The van der Waals surface area contributed by atoms with Crippen molar-refractivity contribution in [2.45, 2.75) is 25.4 Å². The molecule has 0 saturated carbocycles. The number of rotatable bonds is 2. The van der Waals surface area contributed by atoms with E-state index in [-0.39, 0.29) is 11.7 Å². The quantitative estimate of drug-likeness (QED) is 0.626. The lowest BCUT2D eigenvalue weighted by atomic mass is 10.1. The van der Waals surface area contributed by atoms with E-state index in [1.54, 1.807) is 4.90 Å². The van der Waals surface area contributed by atoms with E-state index in [1.165, 1.54) is 12.1 Å². The Labute approximate surface area is 138 Å². The van der Waals surface area contributed by atoms with E-state index < -0.39 is 10.8 Å². The minimum Gasteiger partial charge on any atom is -0.395 e. The van der Waals surface area contributed by atoms with E-state index in [2.05, 4.69) is 4.90 Å². The average Bonchev–Trinajstić information content (AvgIpc) is 3.20. The Kier molecular flexibility index (Phi) is 3.57. The van der Waals surface area contributed by atoms with Crippen molar-refractivity contribution in [2.24, 2.45) is 0 Å². The lowest BCUT2D eigenvalue weighted by Crippen LogP contribution is -2.40. The molecule has 124 valence electrons. The molecular weight excluding hydrogens is 310 g/mol. The molecule has 2 aromatic rings. The standard InChI is InChI=1S/C17H17N3O4/c21-17(15-7-8-16(24-15)20(22)23)19-11-13-5-3-9-18(13)10-12-4-1-2-6-14(12)19/h1-2,4,6-8,13H,3,5,9-11H2. The average molecular weight is 327 g/mol. The van der Waals surface area contributed by atoms with Crippen LogP contribution in [0.3, 0.4) is 0 Å². The van der Waals surface area contributed by atoms with Crippen LogP contribution in [-0.4, -0.2) is 34.9 Å². The zero-order chi connectivity index (χ0) is 16.7. The summed E-state index contributed by atoms with van der Waals surface area (Å²) in [5, 5.41) is 10.8. The van der Waals surface area contributed by atoms with Crippen molar-refractivity contribution < 1.29 is 14.1 Å². The van der Waals surface area contributed by atoms with E-state index >= 15 is 0 Å². The third-order valence-electron chi connectivity index (χ3n) is 4.78. The van der Waals surface area contributed by atoms with Crippen molar-refractivity contribution in [3.8, 4) is 0 Å². The number of fused-ring (bicyclic) bond motifs is 2. The first-order chi connectivity index (χ1) is 11.6. The Morgan fingerprint density at radius 1 is 1.25 bits per heavy atom. The third kappa shape index (κ3) is 2.46. The fourth-order valence-corrected chi connectivity index (χ4v) is 3.61. The summed E-state index contributed by atoms with van der Waals surface area (Å²) in [4.78, 5) is 27.2. The number of hydrogen-bond acceptors (Lipinski definition) is 5. The molecule has 0 aliphatic carbocycles. The number of benzene rings is 1. The number of nitro groups is 1. The first-order valence-electron chi connectivity index (χ1n) is 8.01. The van der Waals surface area contributed by atoms with E-state index in [9.17, 15) is 14.9 Å². The number of amides is 1. The van der Waals surface area contributed by atoms with Gasteiger partial charge in [0.2, 0.25) is 0 Å². The monoisotopic (exact) mass is 327 g/mol. The predicted molar refractivity (Wildman–Crippen MR) is 86.9 cm³/mol. The summed E-state index contributed by atoms with van der Waals surface area (Å²) in [5.74, 6) is -0.740. The molecule has 7 nitrogen and oxygen atoms in total. The molecule has 2 aliphatic heterocycles. The Bertz CT molecular complexity index is 801. The first-order valence-corrected chi connectivity index (χ1v) is 8.01. The summed E-state index contributed by atoms with van der Waals surface area (Å²) < 4.78 is 5.12. The van der Waals surface area contributed by atoms with Crippen LogP contribution in [0.25, 0.3) is 0 Å². The summed E-state index contributed by atoms with van der Waals surface area (Å²) in [5.41, 5.74) is 1.95. The largest absolute Gasteiger partial charge is 0.433 e. The van der Waals surface area contributed by atoms with Gasteiger partial charge < -0.3 is 9.32 Å². The Morgan fingerprint density at radius 2 is 2.08 bits per heavy atom. The molecule has 7 heteroatoms. The van der Waals surface area contributed by atoms with E-state index in [0.29, 0.717) is 12.6 Å². The summed E-state index contributed by atoms with van der Waals surface area (Å²) in [6, 6.07) is 10.7. The number of carbonyl (C=O) groups is 1. The number of nitrogens with zero attached hydrogens (tertiary/aromatic N) is 3. The van der Waals surface area contributed by atoms with Gasteiger partial charge in [-0.05, 0) is 37.1 Å². The molecule has 1 unspecified atom stereocenters. The van der Waals surface area contributed by atoms with Crippen LogP contribution in [0.15, 0.2) is 40.8 Å². The van der Waals surface area contributed by atoms with Crippen LogP contribution in [0.4, 0.5) is 11.6 Å². The van der Waals surface area contributed by atoms with Crippen LogP contribution in [0, 0.1) is 10.1 Å². The van der Waals surface area contributed by atoms with Crippen LogP contribution in [0.2, 0.25) is 0 Å². The second-order valence-corrected chi connectivity index (χ2v) is 6.21. The number of furan rings is 1. The van der Waals surface area contributed by atoms with Crippen LogP contribution in [-0.2, 0) is 6.54 Å². The van der Waals surface area contributed by atoms with Crippen molar-refractivity contribution in [1.29, 1.82) is 0 Å². The van der Waals surface area contributed by atoms with Gasteiger partial charge in [0.15, 0.2) is 5.76 Å². The molecule has 1 saturated heterocycles. The zero-order valence-electron chi connectivity index (χ0n) is 13.1. The first kappa shape index (κ1) is 14.9. The van der Waals surface area contributed by atoms with E-state index in [0.717, 1.165) is 37.2 Å². The summed E-state index contributed by atoms with van der Waals surface area (Å²) in [6.45, 7) is 2.43. The predicted octanol–water partition coefficient (Wildman–Crippen LogP) is 2.81. The van der Waals surface area contributed by atoms with Crippen molar-refractivity contribution in [2.75, 3.05) is 18.0 Å². The van der Waals surface area contributed by atoms with Crippen LogP contribution < -0.4 is 4.90 Å². The molecule has 3 heterocycles. The second-order valence-electron chi connectivity index (χ2n) is 6.21. The highest BCUT2D eigenvalue weighted by Crippen LogP contribution is 2.32. The van der Waals surface area contributed by atoms with Gasteiger partial charge in [0.1, 0.15) is 4.92 Å². The molecule has 2 aliphatic rings. The number of carbonyl (C=O) groups excluding carboxylic acids is 1. The minimum atomic E-state index is -0.633. The van der Waals surface area contributed by atoms with Gasteiger partial charge in [-0.25, -0.2) is 0 Å². The maximum atomic E-state index is 12.9. The van der Waals surface area contributed by atoms with Gasteiger partial charge in [0.05, 0.1) is 6.07 Å². The summed E-state index contributed by atoms with van der Waals surface area (Å²) in [7, 11) is 0. The Morgan fingerprint density at radius 3 is 2.88 bits per heavy atom. The highest BCUT2D eigenvalue weighted by Gasteiger charge is 2.34. The van der Waals surface area contributed by atoms with Gasteiger partial charge in [-0.15, -0.1) is 0 Å². The maximum absolute atomic E-state index is 12.9. The van der Waals surface area contributed by atoms with Crippen LogP contribution >= 0.6 is 0 Å². The summed E-state index contributed by atoms with van der Waals surface area (Å²) >= 11 is 0. The SMILES string of the molecule is O=C(c1ccc([N+](=O)[O-])o1)N1CC2CCCN2Cc2ccccc21. The lowest BCUT2D eigenvalue weighted by molar-refractivity contribution is -0.402. The highest BCUT2D eigenvalue weighted by molar-refractivity contribution is 6.05. The molecule has 0 radical (unpaired) electrons. The van der Waals surface area contributed by atoms with Crippen molar-refractivity contribution in [3.63, 3.8) is 0 Å². The number of para-hydroxylation sites is 1. The third-order valence-corrected chi connectivity index (χ3v) is 4.78. The molecule has 1 atom stereocenters. The minimum absolute atomic E-state index is 0.00273.